The Morgan fingerprint density at radius 2 is 1.88 bits per heavy atom. The van der Waals surface area contributed by atoms with Gasteiger partial charge in [0.2, 0.25) is 0 Å². The number of aldehydes is 1. The highest BCUT2D eigenvalue weighted by molar-refractivity contribution is 6.76. The van der Waals surface area contributed by atoms with E-state index >= 15 is 0 Å². The lowest BCUT2D eigenvalue weighted by molar-refractivity contribution is -0.146. The van der Waals surface area contributed by atoms with Gasteiger partial charge in [0.15, 0.2) is 6.29 Å². The number of benzene rings is 1. The summed E-state index contributed by atoms with van der Waals surface area (Å²) in [5.41, 5.74) is 2.51. The van der Waals surface area contributed by atoms with Crippen LogP contribution >= 0.6 is 0 Å². The van der Waals surface area contributed by atoms with Crippen molar-refractivity contribution < 1.29 is 33.3 Å². The highest BCUT2D eigenvalue weighted by Crippen LogP contribution is 2.59. The third-order valence-corrected chi connectivity index (χ3v) is 10.5. The van der Waals surface area contributed by atoms with Crippen LogP contribution in [0, 0.1) is 17.3 Å². The summed E-state index contributed by atoms with van der Waals surface area (Å²) in [5, 5.41) is 0. The number of allylic oxidation sites excluding steroid dienone is 1. The van der Waals surface area contributed by atoms with Crippen molar-refractivity contribution >= 4 is 20.3 Å². The minimum absolute atomic E-state index is 0.172. The van der Waals surface area contributed by atoms with E-state index in [-0.39, 0.29) is 31.9 Å². The first-order valence-electron chi connectivity index (χ1n) is 14.7. The van der Waals surface area contributed by atoms with Crippen molar-refractivity contribution in [2.75, 3.05) is 26.6 Å². The standard InChI is InChI=1S/C33H50O7Si/c1-23-15-16-33(32(5,6)28(23)21-38-26(4)35)30(39-31(40-33)27-13-11-10-12-14-27)29(24(2)19-34)25(3)20-37-22-36-17-18-41(7,8)9/h10-14,19,24,29-31H,3,15-18,20-22H2,1-2,4-9H3/t24-,29+,30+,31?,33-/m1/s1. The second-order valence-corrected chi connectivity index (χ2v) is 19.0. The molecule has 1 aromatic rings. The molecule has 2 aliphatic rings. The summed E-state index contributed by atoms with van der Waals surface area (Å²) in [5.74, 6) is -1.08. The second kappa shape index (κ2) is 13.9. The molecule has 1 spiro atoms. The SMILES string of the molecule is C=C(COCOCC[Si](C)(C)C)[C@H]([C@H](C)C=O)[C@@H]1OC(c2ccccc2)O[C@]12CCC(C)=C(COC(C)=O)C2(C)C. The van der Waals surface area contributed by atoms with Crippen molar-refractivity contribution in [3.63, 3.8) is 0 Å². The van der Waals surface area contributed by atoms with E-state index in [0.717, 1.165) is 35.5 Å². The fraction of sp³-hybridized carbons (Fsp3) is 0.636. The number of ether oxygens (including phenoxy) is 5. The van der Waals surface area contributed by atoms with Gasteiger partial charge in [-0.1, -0.05) is 82.9 Å². The van der Waals surface area contributed by atoms with Gasteiger partial charge in [0, 0.05) is 44.4 Å². The molecule has 1 aliphatic heterocycles. The Bertz CT molecular complexity index is 1090. The lowest BCUT2D eigenvalue weighted by Crippen LogP contribution is -2.59. The quantitative estimate of drug-likeness (QED) is 0.0587. The van der Waals surface area contributed by atoms with Gasteiger partial charge in [-0.05, 0) is 37.0 Å². The zero-order chi connectivity index (χ0) is 30.4. The Morgan fingerprint density at radius 3 is 2.49 bits per heavy atom. The zero-order valence-electron chi connectivity index (χ0n) is 26.3. The van der Waals surface area contributed by atoms with E-state index in [9.17, 15) is 9.59 Å². The summed E-state index contributed by atoms with van der Waals surface area (Å²) in [6.07, 6.45) is 1.31. The van der Waals surface area contributed by atoms with Crippen LogP contribution < -0.4 is 0 Å². The molecule has 0 amide bonds. The first-order valence-corrected chi connectivity index (χ1v) is 18.4. The van der Waals surface area contributed by atoms with Gasteiger partial charge in [0.05, 0.1) is 12.7 Å². The molecule has 0 N–H and O–H groups in total. The van der Waals surface area contributed by atoms with Gasteiger partial charge in [-0.15, -0.1) is 0 Å². The van der Waals surface area contributed by atoms with E-state index in [1.54, 1.807) is 0 Å². The normalized spacial score (nSPS) is 25.7. The molecule has 0 bridgehead atoms. The first kappa shape index (κ1) is 33.4. The van der Waals surface area contributed by atoms with E-state index < -0.39 is 37.4 Å². The van der Waals surface area contributed by atoms with Crippen molar-refractivity contribution in [3.8, 4) is 0 Å². The van der Waals surface area contributed by atoms with Crippen LogP contribution in [0.2, 0.25) is 25.7 Å². The van der Waals surface area contributed by atoms with E-state index in [2.05, 4.69) is 47.0 Å². The first-order chi connectivity index (χ1) is 19.2. The number of rotatable bonds is 14. The average Bonchev–Trinajstić information content (AvgIpc) is 3.29. The predicted octanol–water partition coefficient (Wildman–Crippen LogP) is 6.88. The van der Waals surface area contributed by atoms with Gasteiger partial charge in [-0.25, -0.2) is 0 Å². The molecule has 41 heavy (non-hydrogen) atoms. The Labute approximate surface area is 247 Å². The van der Waals surface area contributed by atoms with Gasteiger partial charge in [-0.3, -0.25) is 4.79 Å². The van der Waals surface area contributed by atoms with Crippen LogP contribution in [-0.2, 0) is 33.3 Å². The summed E-state index contributed by atoms with van der Waals surface area (Å²) in [6.45, 7) is 22.3. The second-order valence-electron chi connectivity index (χ2n) is 13.3. The third-order valence-electron chi connectivity index (χ3n) is 8.77. The van der Waals surface area contributed by atoms with Gasteiger partial charge in [0.25, 0.3) is 0 Å². The van der Waals surface area contributed by atoms with Crippen LogP contribution in [-0.4, -0.2) is 58.6 Å². The lowest BCUT2D eigenvalue weighted by atomic mass is 9.57. The molecule has 1 heterocycles. The average molecular weight is 587 g/mol. The Morgan fingerprint density at radius 1 is 1.20 bits per heavy atom. The molecule has 0 aromatic heterocycles. The van der Waals surface area contributed by atoms with E-state index in [1.807, 2.05) is 37.3 Å². The summed E-state index contributed by atoms with van der Waals surface area (Å²) in [7, 11) is -1.19. The van der Waals surface area contributed by atoms with Gasteiger partial charge >= 0.3 is 5.97 Å². The Hall–Kier alpha value is -2.10. The predicted molar refractivity (Wildman–Crippen MR) is 163 cm³/mol. The molecule has 1 saturated heterocycles. The van der Waals surface area contributed by atoms with Crippen molar-refractivity contribution in [1.29, 1.82) is 0 Å². The fourth-order valence-electron chi connectivity index (χ4n) is 6.18. The highest BCUT2D eigenvalue weighted by atomic mass is 28.3. The fourth-order valence-corrected chi connectivity index (χ4v) is 6.94. The monoisotopic (exact) mass is 586 g/mol. The van der Waals surface area contributed by atoms with Crippen LogP contribution in [0.5, 0.6) is 0 Å². The molecule has 5 atom stereocenters. The summed E-state index contributed by atoms with van der Waals surface area (Å²) < 4.78 is 31.0. The smallest absolute Gasteiger partial charge is 0.302 e. The number of esters is 1. The number of carbonyl (C=O) groups excluding carboxylic acids is 2. The maximum absolute atomic E-state index is 12.3. The maximum Gasteiger partial charge on any atom is 0.302 e. The molecule has 7 nitrogen and oxygen atoms in total. The maximum atomic E-state index is 12.3. The van der Waals surface area contributed by atoms with Crippen LogP contribution in [0.3, 0.4) is 0 Å². The summed E-state index contributed by atoms with van der Waals surface area (Å²) >= 11 is 0. The van der Waals surface area contributed by atoms with Crippen LogP contribution in [0.1, 0.15) is 59.3 Å². The molecule has 0 radical (unpaired) electrons. The van der Waals surface area contributed by atoms with E-state index in [1.165, 1.54) is 12.5 Å². The Kier molecular flexibility index (Phi) is 11.3. The van der Waals surface area contributed by atoms with Crippen molar-refractivity contribution in [2.24, 2.45) is 17.3 Å². The molecule has 8 heteroatoms. The van der Waals surface area contributed by atoms with Crippen molar-refractivity contribution in [2.45, 2.75) is 91.1 Å². The minimum Gasteiger partial charge on any atom is -0.461 e. The number of carbonyl (C=O) groups is 2. The summed E-state index contributed by atoms with van der Waals surface area (Å²) in [6, 6.07) is 10.9. The van der Waals surface area contributed by atoms with Crippen LogP contribution in [0.4, 0.5) is 0 Å². The van der Waals surface area contributed by atoms with Gasteiger partial charge in [-0.2, -0.15) is 0 Å². The summed E-state index contributed by atoms with van der Waals surface area (Å²) in [4.78, 5) is 24.1. The largest absolute Gasteiger partial charge is 0.461 e. The molecule has 3 rings (SSSR count). The topological polar surface area (TPSA) is 80.3 Å². The molecule has 1 unspecified atom stereocenters. The zero-order valence-corrected chi connectivity index (χ0v) is 27.3. The minimum atomic E-state index is -1.19. The van der Waals surface area contributed by atoms with E-state index in [0.29, 0.717) is 13.0 Å². The molecule has 1 fully saturated rings. The Balaban J connectivity index is 1.94. The van der Waals surface area contributed by atoms with Gasteiger partial charge < -0.3 is 28.5 Å². The van der Waals surface area contributed by atoms with Crippen molar-refractivity contribution in [1.82, 2.24) is 0 Å². The van der Waals surface area contributed by atoms with E-state index in [4.69, 9.17) is 23.7 Å². The lowest BCUT2D eigenvalue weighted by Gasteiger charge is -2.52. The molecule has 1 aliphatic carbocycles. The highest BCUT2D eigenvalue weighted by Gasteiger charge is 2.63. The third kappa shape index (κ3) is 7.85. The molecular weight excluding hydrogens is 536 g/mol. The number of hydrogen-bond donors (Lipinski definition) is 0. The van der Waals surface area contributed by atoms with Crippen LogP contribution in [0.25, 0.3) is 0 Å². The molecule has 1 aromatic carbocycles. The van der Waals surface area contributed by atoms with Crippen molar-refractivity contribution in [3.05, 3.63) is 59.2 Å². The molecule has 228 valence electrons. The van der Waals surface area contributed by atoms with Crippen LogP contribution in [0.15, 0.2) is 53.6 Å². The number of hydrogen-bond acceptors (Lipinski definition) is 7. The molecular formula is C33H50O7Si. The molecule has 0 saturated carbocycles. The van der Waals surface area contributed by atoms with Gasteiger partial charge in [0.1, 0.15) is 25.3 Å².